The molecule has 0 aliphatic carbocycles. The summed E-state index contributed by atoms with van der Waals surface area (Å²) in [5.41, 5.74) is -1.71. The van der Waals surface area contributed by atoms with Gasteiger partial charge in [0.1, 0.15) is 18.2 Å². The number of ether oxygens (including phenoxy) is 1. The van der Waals surface area contributed by atoms with Crippen LogP contribution < -0.4 is 5.32 Å². The molecule has 3 aromatic rings. The van der Waals surface area contributed by atoms with Crippen LogP contribution in [0.4, 0.5) is 32.2 Å². The lowest BCUT2D eigenvalue weighted by Gasteiger charge is -2.43. The van der Waals surface area contributed by atoms with E-state index < -0.39 is 48.4 Å². The molecule has 3 heterocycles. The van der Waals surface area contributed by atoms with Crippen molar-refractivity contribution in [2.75, 3.05) is 18.4 Å². The number of halogens is 6. The van der Waals surface area contributed by atoms with Gasteiger partial charge in [0.25, 0.3) is 5.91 Å². The van der Waals surface area contributed by atoms with Gasteiger partial charge in [-0.3, -0.25) is 4.79 Å². The summed E-state index contributed by atoms with van der Waals surface area (Å²) >= 11 is 0. The van der Waals surface area contributed by atoms with Gasteiger partial charge in [0, 0.05) is 18.9 Å². The number of hydrogen-bond donors (Lipinski definition) is 1. The lowest BCUT2D eigenvalue weighted by Crippen LogP contribution is -2.61. The number of hydrogen-bond acceptors (Lipinski definition) is 7. The van der Waals surface area contributed by atoms with Gasteiger partial charge in [0.2, 0.25) is 0 Å². The smallest absolute Gasteiger partial charge is 0.367 e. The van der Waals surface area contributed by atoms with E-state index in [1.165, 1.54) is 37.5 Å². The number of amides is 1. The molecule has 8 nitrogen and oxygen atoms in total. The van der Waals surface area contributed by atoms with Crippen molar-refractivity contribution in [1.82, 2.24) is 24.8 Å². The summed E-state index contributed by atoms with van der Waals surface area (Å²) < 4.78 is 86.3. The molecule has 1 aliphatic heterocycles. The second kappa shape index (κ2) is 9.68. The molecule has 0 bridgehead atoms. The van der Waals surface area contributed by atoms with E-state index >= 15 is 0 Å². The highest BCUT2D eigenvalue weighted by atomic mass is 19.4. The first-order valence-electron chi connectivity index (χ1n) is 10.5. The Balaban J connectivity index is 1.63. The fourth-order valence-corrected chi connectivity index (χ4v) is 3.74. The van der Waals surface area contributed by atoms with E-state index in [0.29, 0.717) is 6.20 Å². The fourth-order valence-electron chi connectivity index (χ4n) is 3.74. The van der Waals surface area contributed by atoms with Gasteiger partial charge >= 0.3 is 12.3 Å². The average molecular weight is 512 g/mol. The van der Waals surface area contributed by atoms with E-state index in [4.69, 9.17) is 4.74 Å². The first-order chi connectivity index (χ1) is 17.0. The zero-order chi connectivity index (χ0) is 26.1. The molecule has 1 aromatic carbocycles. The minimum absolute atomic E-state index is 0.0796. The lowest BCUT2D eigenvalue weighted by atomic mass is 10.0. The van der Waals surface area contributed by atoms with Crippen molar-refractivity contribution in [3.63, 3.8) is 0 Å². The minimum Gasteiger partial charge on any atom is -0.367 e. The van der Waals surface area contributed by atoms with Crippen LogP contribution in [0, 0.1) is 5.82 Å². The number of aromatic nitrogens is 4. The Morgan fingerprint density at radius 1 is 1.14 bits per heavy atom. The monoisotopic (exact) mass is 512 g/mol. The zero-order valence-electron chi connectivity index (χ0n) is 18.5. The van der Waals surface area contributed by atoms with Gasteiger partial charge in [-0.05, 0) is 25.1 Å². The van der Waals surface area contributed by atoms with Crippen LogP contribution in [-0.2, 0) is 10.9 Å². The summed E-state index contributed by atoms with van der Waals surface area (Å²) in [6.45, 7) is -0.0623. The Hall–Kier alpha value is -3.81. The van der Waals surface area contributed by atoms with Crippen LogP contribution >= 0.6 is 0 Å². The van der Waals surface area contributed by atoms with Gasteiger partial charge in [0.05, 0.1) is 35.7 Å². The Morgan fingerprint density at radius 2 is 1.86 bits per heavy atom. The Kier molecular flexibility index (Phi) is 6.80. The van der Waals surface area contributed by atoms with Crippen LogP contribution in [0.1, 0.15) is 23.0 Å². The Bertz CT molecular complexity index is 1230. The van der Waals surface area contributed by atoms with Crippen LogP contribution in [0.5, 0.6) is 0 Å². The molecule has 1 fully saturated rings. The van der Waals surface area contributed by atoms with E-state index in [1.54, 1.807) is 0 Å². The molecule has 2 atom stereocenters. The summed E-state index contributed by atoms with van der Waals surface area (Å²) in [5, 5.41) is 2.69. The molecule has 0 radical (unpaired) electrons. The Morgan fingerprint density at radius 3 is 2.50 bits per heavy atom. The van der Waals surface area contributed by atoms with E-state index in [1.807, 2.05) is 0 Å². The first kappa shape index (κ1) is 25.3. The summed E-state index contributed by atoms with van der Waals surface area (Å²) in [6.07, 6.45) is -5.57. The lowest BCUT2D eigenvalue weighted by molar-refractivity contribution is -0.298. The third kappa shape index (κ3) is 5.37. The standard InChI is InChI=1S/C22H18F6N6O2/c1-12-15(8-32-17-10-31-16(9-33-17)22(26,27)28)34(11-21(24,25)36-12)20(35)13-4-2-5-14(23)18(13)19-29-6-3-7-30-19/h2-7,9-10,12,15H,8,11H2,1H3,(H,32,33). The van der Waals surface area contributed by atoms with E-state index in [-0.39, 0.29) is 29.3 Å². The molecule has 1 amide bonds. The average Bonchev–Trinajstić information content (AvgIpc) is 2.82. The van der Waals surface area contributed by atoms with E-state index in [2.05, 4.69) is 25.3 Å². The van der Waals surface area contributed by atoms with Crippen molar-refractivity contribution < 1.29 is 35.9 Å². The predicted molar refractivity (Wildman–Crippen MR) is 113 cm³/mol. The third-order valence-corrected chi connectivity index (χ3v) is 5.38. The number of benzene rings is 1. The van der Waals surface area contributed by atoms with Gasteiger partial charge in [-0.1, -0.05) is 6.07 Å². The van der Waals surface area contributed by atoms with E-state index in [9.17, 15) is 31.1 Å². The predicted octanol–water partition coefficient (Wildman–Crippen LogP) is 4.03. The second-order valence-corrected chi connectivity index (χ2v) is 7.86. The molecule has 0 spiro atoms. The summed E-state index contributed by atoms with van der Waals surface area (Å²) in [7, 11) is 0. The molecule has 2 unspecified atom stereocenters. The molecule has 1 aliphatic rings. The maximum atomic E-state index is 14.7. The zero-order valence-corrected chi connectivity index (χ0v) is 18.5. The number of nitrogens with zero attached hydrogens (tertiary/aromatic N) is 5. The van der Waals surface area contributed by atoms with Crippen LogP contribution in [0.25, 0.3) is 11.4 Å². The number of alkyl halides is 5. The van der Waals surface area contributed by atoms with Gasteiger partial charge < -0.3 is 15.0 Å². The van der Waals surface area contributed by atoms with Crippen LogP contribution in [-0.4, -0.2) is 62.1 Å². The number of morpholine rings is 1. The highest BCUT2D eigenvalue weighted by Crippen LogP contribution is 2.33. The van der Waals surface area contributed by atoms with Crippen LogP contribution in [0.3, 0.4) is 0 Å². The van der Waals surface area contributed by atoms with Crippen molar-refractivity contribution in [3.05, 3.63) is 66.1 Å². The molecule has 0 saturated carbocycles. The molecule has 190 valence electrons. The van der Waals surface area contributed by atoms with Gasteiger partial charge in [0.15, 0.2) is 11.5 Å². The van der Waals surface area contributed by atoms with E-state index in [0.717, 1.165) is 17.2 Å². The Labute approximate surface area is 200 Å². The van der Waals surface area contributed by atoms with Crippen molar-refractivity contribution in [2.24, 2.45) is 0 Å². The van der Waals surface area contributed by atoms with Crippen molar-refractivity contribution in [2.45, 2.75) is 31.4 Å². The number of carbonyl (C=O) groups excluding carboxylic acids is 1. The van der Waals surface area contributed by atoms with Crippen molar-refractivity contribution in [1.29, 1.82) is 0 Å². The minimum atomic E-state index is -4.68. The maximum absolute atomic E-state index is 14.7. The van der Waals surface area contributed by atoms with Crippen molar-refractivity contribution in [3.8, 4) is 11.4 Å². The maximum Gasteiger partial charge on any atom is 0.434 e. The largest absolute Gasteiger partial charge is 0.434 e. The van der Waals surface area contributed by atoms with Gasteiger partial charge in [-0.15, -0.1) is 0 Å². The molecule has 1 saturated heterocycles. The molecule has 1 N–H and O–H groups in total. The highest BCUT2D eigenvalue weighted by Gasteiger charge is 2.47. The third-order valence-electron chi connectivity index (χ3n) is 5.38. The summed E-state index contributed by atoms with van der Waals surface area (Å²) in [5.74, 6) is -1.95. The highest BCUT2D eigenvalue weighted by molar-refractivity contribution is 6.00. The van der Waals surface area contributed by atoms with Crippen LogP contribution in [0.15, 0.2) is 49.1 Å². The number of carbonyl (C=O) groups is 1. The summed E-state index contributed by atoms with van der Waals surface area (Å²) in [4.78, 5) is 29.1. The second-order valence-electron chi connectivity index (χ2n) is 7.86. The number of nitrogens with one attached hydrogen (secondary N) is 1. The van der Waals surface area contributed by atoms with Crippen LogP contribution in [0.2, 0.25) is 0 Å². The first-order valence-corrected chi connectivity index (χ1v) is 10.5. The quantitative estimate of drug-likeness (QED) is 0.516. The fraction of sp³-hybridized carbons (Fsp3) is 0.318. The normalized spacial score (nSPS) is 19.7. The SMILES string of the molecule is CC1OC(F)(F)CN(C(=O)c2cccc(F)c2-c2ncccn2)C1CNc1cnc(C(F)(F)F)cn1. The molecule has 36 heavy (non-hydrogen) atoms. The number of anilines is 1. The molecular formula is C22H18F6N6O2. The molecular weight excluding hydrogens is 494 g/mol. The molecule has 4 rings (SSSR count). The molecule has 2 aromatic heterocycles. The topological polar surface area (TPSA) is 93.1 Å². The molecule has 14 heteroatoms. The van der Waals surface area contributed by atoms with Crippen molar-refractivity contribution >= 4 is 11.7 Å². The van der Waals surface area contributed by atoms with Gasteiger partial charge in [-0.2, -0.15) is 22.0 Å². The summed E-state index contributed by atoms with van der Waals surface area (Å²) in [6, 6.07) is 4.06. The van der Waals surface area contributed by atoms with Gasteiger partial charge in [-0.25, -0.2) is 24.3 Å². The number of rotatable bonds is 5.